The fraction of sp³-hybridized carbons (Fsp3) is 1.00. The molecule has 0 N–H and O–H groups in total. The molecule has 1 rings (SSSR count). The molecule has 1 fully saturated rings. The van der Waals surface area contributed by atoms with Crippen molar-refractivity contribution in [1.82, 2.24) is 0 Å². The normalized spacial score (nSPS) is 23.5. The van der Waals surface area contributed by atoms with E-state index in [1.807, 2.05) is 0 Å². The van der Waals surface area contributed by atoms with Gasteiger partial charge in [0.1, 0.15) is 0 Å². The summed E-state index contributed by atoms with van der Waals surface area (Å²) in [7, 11) is -0.672. The first-order valence-electron chi connectivity index (χ1n) is 6.26. The van der Waals surface area contributed by atoms with E-state index >= 15 is 0 Å². The van der Waals surface area contributed by atoms with E-state index in [4.69, 9.17) is 4.74 Å². The molecule has 0 saturated carbocycles. The minimum absolute atomic E-state index is 0.280. The molecule has 15 heavy (non-hydrogen) atoms. The first kappa shape index (κ1) is 13.2. The van der Waals surface area contributed by atoms with Crippen molar-refractivity contribution in [2.75, 3.05) is 12.4 Å². The van der Waals surface area contributed by atoms with E-state index in [0.29, 0.717) is 5.25 Å². The van der Waals surface area contributed by atoms with E-state index in [1.165, 1.54) is 0 Å². The molecule has 0 radical (unpaired) electrons. The number of hydrogen-bond donors (Lipinski definition) is 0. The first-order valence-corrected chi connectivity index (χ1v) is 7.64. The highest BCUT2D eigenvalue weighted by Crippen LogP contribution is 2.18. The average Bonchev–Trinajstić information content (AvgIpc) is 2.70. The molecule has 1 aliphatic rings. The van der Waals surface area contributed by atoms with Gasteiger partial charge in [-0.2, -0.15) is 0 Å². The molecule has 0 unspecified atom stereocenters. The molecule has 0 amide bonds. The molecule has 0 aromatic carbocycles. The average molecular weight is 232 g/mol. The zero-order valence-electron chi connectivity index (χ0n) is 10.0. The molecule has 0 bridgehead atoms. The molecule has 90 valence electrons. The van der Waals surface area contributed by atoms with Gasteiger partial charge in [-0.05, 0) is 25.7 Å². The smallest absolute Gasteiger partial charge is 0.0691 e. The van der Waals surface area contributed by atoms with Crippen LogP contribution in [0.1, 0.15) is 52.4 Å². The third-order valence-corrected chi connectivity index (χ3v) is 4.88. The van der Waals surface area contributed by atoms with Crippen molar-refractivity contribution in [3.8, 4) is 0 Å². The van der Waals surface area contributed by atoms with E-state index in [2.05, 4.69) is 13.8 Å². The lowest BCUT2D eigenvalue weighted by Crippen LogP contribution is -2.24. The third kappa shape index (κ3) is 4.64. The highest BCUT2D eigenvalue weighted by molar-refractivity contribution is 7.85. The zero-order chi connectivity index (χ0) is 11.1. The van der Waals surface area contributed by atoms with Crippen LogP contribution in [0.3, 0.4) is 0 Å². The molecule has 2 atom stereocenters. The Morgan fingerprint density at radius 1 is 1.33 bits per heavy atom. The van der Waals surface area contributed by atoms with Gasteiger partial charge in [0, 0.05) is 22.7 Å². The summed E-state index contributed by atoms with van der Waals surface area (Å²) in [5, 5.41) is 0.407. The largest absolute Gasteiger partial charge is 0.377 e. The van der Waals surface area contributed by atoms with Crippen LogP contribution in [0.25, 0.3) is 0 Å². The number of hydrogen-bond acceptors (Lipinski definition) is 2. The SMILES string of the molecule is CCCC(CCC)[S@](=O)C[C@@H]1CCCO1. The van der Waals surface area contributed by atoms with Crippen LogP contribution in [0.5, 0.6) is 0 Å². The first-order chi connectivity index (χ1) is 7.27. The van der Waals surface area contributed by atoms with Gasteiger partial charge in [0.25, 0.3) is 0 Å². The van der Waals surface area contributed by atoms with Gasteiger partial charge in [-0.3, -0.25) is 4.21 Å². The van der Waals surface area contributed by atoms with Crippen molar-refractivity contribution in [3.05, 3.63) is 0 Å². The monoisotopic (exact) mass is 232 g/mol. The molecule has 3 heteroatoms. The van der Waals surface area contributed by atoms with Crippen LogP contribution in [0.4, 0.5) is 0 Å². The van der Waals surface area contributed by atoms with Crippen molar-refractivity contribution in [3.63, 3.8) is 0 Å². The van der Waals surface area contributed by atoms with Crippen molar-refractivity contribution >= 4 is 10.8 Å². The highest BCUT2D eigenvalue weighted by Gasteiger charge is 2.22. The Morgan fingerprint density at radius 3 is 2.47 bits per heavy atom. The van der Waals surface area contributed by atoms with E-state index in [1.54, 1.807) is 0 Å². The van der Waals surface area contributed by atoms with Crippen LogP contribution in [-0.2, 0) is 15.5 Å². The Balaban J connectivity index is 2.33. The second-order valence-electron chi connectivity index (χ2n) is 4.38. The fourth-order valence-corrected chi connectivity index (χ4v) is 4.04. The summed E-state index contributed by atoms with van der Waals surface area (Å²) in [5.74, 6) is 0.769. The van der Waals surface area contributed by atoms with Crippen molar-refractivity contribution in [1.29, 1.82) is 0 Å². The molecule has 0 aliphatic carbocycles. The van der Waals surface area contributed by atoms with Crippen LogP contribution in [-0.4, -0.2) is 27.9 Å². The van der Waals surface area contributed by atoms with Gasteiger partial charge >= 0.3 is 0 Å². The minimum Gasteiger partial charge on any atom is -0.377 e. The van der Waals surface area contributed by atoms with Gasteiger partial charge in [0.2, 0.25) is 0 Å². The van der Waals surface area contributed by atoms with E-state index in [9.17, 15) is 4.21 Å². The number of ether oxygens (including phenoxy) is 1. The van der Waals surface area contributed by atoms with Crippen LogP contribution in [0.15, 0.2) is 0 Å². The summed E-state index contributed by atoms with van der Waals surface area (Å²) < 4.78 is 17.6. The second-order valence-corrected chi connectivity index (χ2v) is 6.14. The van der Waals surface area contributed by atoms with Crippen molar-refractivity contribution in [2.24, 2.45) is 0 Å². The molecule has 0 aromatic heterocycles. The number of rotatable bonds is 7. The maximum atomic E-state index is 12.1. The molecule has 1 saturated heterocycles. The molecule has 0 spiro atoms. The predicted octanol–water partition coefficient (Wildman–Crippen LogP) is 2.88. The topological polar surface area (TPSA) is 26.3 Å². The lowest BCUT2D eigenvalue weighted by Gasteiger charge is -2.17. The Hall–Kier alpha value is 0.110. The van der Waals surface area contributed by atoms with Crippen molar-refractivity contribution < 1.29 is 8.95 Å². The molecular weight excluding hydrogens is 208 g/mol. The predicted molar refractivity (Wildman–Crippen MR) is 65.6 cm³/mol. The van der Waals surface area contributed by atoms with Gasteiger partial charge in [-0.1, -0.05) is 26.7 Å². The fourth-order valence-electron chi connectivity index (χ4n) is 2.15. The Morgan fingerprint density at radius 2 is 2.00 bits per heavy atom. The van der Waals surface area contributed by atoms with Crippen molar-refractivity contribution in [2.45, 2.75) is 63.7 Å². The van der Waals surface area contributed by atoms with Gasteiger partial charge < -0.3 is 4.74 Å². The minimum atomic E-state index is -0.672. The summed E-state index contributed by atoms with van der Waals surface area (Å²) in [6.07, 6.45) is 7.02. The molecule has 1 aliphatic heterocycles. The lowest BCUT2D eigenvalue weighted by atomic mass is 10.2. The van der Waals surface area contributed by atoms with Gasteiger partial charge in [-0.25, -0.2) is 0 Å². The lowest BCUT2D eigenvalue weighted by molar-refractivity contribution is 0.128. The maximum Gasteiger partial charge on any atom is 0.0691 e. The third-order valence-electron chi connectivity index (χ3n) is 2.97. The van der Waals surface area contributed by atoms with E-state index in [0.717, 1.165) is 50.9 Å². The standard InChI is InChI=1S/C12H24O2S/c1-3-6-12(7-4-2)15(13)10-11-8-5-9-14-11/h11-12H,3-10H2,1-2H3/t11-,15+/m0/s1. The molecule has 2 nitrogen and oxygen atoms in total. The maximum absolute atomic E-state index is 12.1. The second kappa shape index (κ2) is 7.39. The molecule has 0 aromatic rings. The summed E-state index contributed by atoms with van der Waals surface area (Å²) in [6.45, 7) is 5.21. The quantitative estimate of drug-likeness (QED) is 0.674. The summed E-state index contributed by atoms with van der Waals surface area (Å²) in [6, 6.07) is 0. The van der Waals surface area contributed by atoms with E-state index in [-0.39, 0.29) is 6.10 Å². The highest BCUT2D eigenvalue weighted by atomic mass is 32.2. The Kier molecular flexibility index (Phi) is 6.50. The Labute approximate surface area is 96.2 Å². The summed E-state index contributed by atoms with van der Waals surface area (Å²) in [4.78, 5) is 0. The van der Waals surface area contributed by atoms with Crippen LogP contribution in [0.2, 0.25) is 0 Å². The summed E-state index contributed by atoms with van der Waals surface area (Å²) >= 11 is 0. The van der Waals surface area contributed by atoms with Crippen LogP contribution in [0, 0.1) is 0 Å². The molecular formula is C12H24O2S. The Bertz CT molecular complexity index is 182. The summed E-state index contributed by atoms with van der Waals surface area (Å²) in [5.41, 5.74) is 0. The van der Waals surface area contributed by atoms with Gasteiger partial charge in [0.05, 0.1) is 11.9 Å². The van der Waals surface area contributed by atoms with Crippen LogP contribution >= 0.6 is 0 Å². The van der Waals surface area contributed by atoms with Crippen LogP contribution < -0.4 is 0 Å². The van der Waals surface area contributed by atoms with E-state index < -0.39 is 10.8 Å². The molecule has 1 heterocycles. The zero-order valence-corrected chi connectivity index (χ0v) is 10.9. The van der Waals surface area contributed by atoms with Gasteiger partial charge in [0.15, 0.2) is 0 Å². The van der Waals surface area contributed by atoms with Gasteiger partial charge in [-0.15, -0.1) is 0 Å².